The molecule has 1 aromatic carbocycles. The molecule has 10 heteroatoms. The second-order valence-corrected chi connectivity index (χ2v) is 11.9. The van der Waals surface area contributed by atoms with E-state index in [0.717, 1.165) is 27.7 Å². The summed E-state index contributed by atoms with van der Waals surface area (Å²) in [7, 11) is 0. The highest BCUT2D eigenvalue weighted by Gasteiger charge is 2.43. The minimum Gasteiger partial charge on any atom is -0.324 e. The summed E-state index contributed by atoms with van der Waals surface area (Å²) in [6.07, 6.45) is 5.31. The van der Waals surface area contributed by atoms with Crippen LogP contribution in [-0.4, -0.2) is 26.4 Å². The average Bonchev–Trinajstić information content (AvgIpc) is 3.59. The number of fused-ring (bicyclic) bond motifs is 2. The van der Waals surface area contributed by atoms with Gasteiger partial charge < -0.3 is 5.32 Å². The van der Waals surface area contributed by atoms with Crippen molar-refractivity contribution in [2.45, 2.75) is 43.8 Å². The van der Waals surface area contributed by atoms with Crippen LogP contribution < -0.4 is 5.32 Å². The number of thiophene rings is 1. The molecule has 2 aliphatic carbocycles. The standard InChI is InChI=1S/C23H23Cl3N4OS2/c1-12(15-8-13-4-5-14(15)7-13)30-22(20-3-2-6-32-20)28-29-23(30)33-11-21(31)27-19-10-17(25)16(24)9-18(19)26/h2-3,6,9-10,12-15H,4-5,7-8,11H2,1H3,(H,27,31)/t12-,13+,14+,15+/m0/s1. The molecule has 2 fully saturated rings. The number of rotatable bonds is 7. The van der Waals surface area contributed by atoms with Crippen molar-refractivity contribution in [1.82, 2.24) is 14.8 Å². The maximum absolute atomic E-state index is 12.7. The first kappa shape index (κ1) is 23.5. The lowest BCUT2D eigenvalue weighted by Crippen LogP contribution is -2.23. The van der Waals surface area contributed by atoms with Crippen molar-refractivity contribution >= 4 is 69.5 Å². The molecule has 0 unspecified atom stereocenters. The van der Waals surface area contributed by atoms with Gasteiger partial charge in [-0.05, 0) is 67.5 Å². The molecule has 2 bridgehead atoms. The van der Waals surface area contributed by atoms with Crippen LogP contribution in [0.4, 0.5) is 5.69 Å². The zero-order valence-corrected chi connectivity index (χ0v) is 21.8. The average molecular weight is 542 g/mol. The number of carbonyl (C=O) groups is 1. The summed E-state index contributed by atoms with van der Waals surface area (Å²) in [6, 6.07) is 7.47. The maximum atomic E-state index is 12.7. The fourth-order valence-corrected chi connectivity index (χ4v) is 7.45. The predicted octanol–water partition coefficient (Wildman–Crippen LogP) is 7.69. The number of thioether (sulfide) groups is 1. The molecule has 0 aliphatic heterocycles. The molecule has 0 radical (unpaired) electrons. The van der Waals surface area contributed by atoms with Gasteiger partial charge in [0.25, 0.3) is 0 Å². The number of hydrogen-bond donors (Lipinski definition) is 1. The van der Waals surface area contributed by atoms with Crippen molar-refractivity contribution in [2.75, 3.05) is 11.1 Å². The topological polar surface area (TPSA) is 59.8 Å². The number of nitrogens with one attached hydrogen (secondary N) is 1. The molecule has 2 heterocycles. The Balaban J connectivity index is 1.35. The maximum Gasteiger partial charge on any atom is 0.234 e. The van der Waals surface area contributed by atoms with Gasteiger partial charge in [0.15, 0.2) is 11.0 Å². The van der Waals surface area contributed by atoms with Gasteiger partial charge in [-0.3, -0.25) is 9.36 Å². The number of carbonyl (C=O) groups excluding carboxylic acids is 1. The number of hydrogen-bond acceptors (Lipinski definition) is 5. The number of anilines is 1. The third-order valence-electron chi connectivity index (χ3n) is 6.84. The van der Waals surface area contributed by atoms with Gasteiger partial charge in [-0.25, -0.2) is 0 Å². The number of amides is 1. The lowest BCUT2D eigenvalue weighted by atomic mass is 9.84. The first-order valence-electron chi connectivity index (χ1n) is 11.0. The number of nitrogens with zero attached hydrogens (tertiary/aromatic N) is 3. The first-order valence-corrected chi connectivity index (χ1v) is 14.0. The fourth-order valence-electron chi connectivity index (χ4n) is 5.33. The zero-order chi connectivity index (χ0) is 23.1. The van der Waals surface area contributed by atoms with Crippen LogP contribution in [0.15, 0.2) is 34.8 Å². The number of aromatic nitrogens is 3. The van der Waals surface area contributed by atoms with Gasteiger partial charge in [0.05, 0.1) is 31.4 Å². The van der Waals surface area contributed by atoms with Gasteiger partial charge in [-0.2, -0.15) is 0 Å². The van der Waals surface area contributed by atoms with Crippen LogP contribution in [0.2, 0.25) is 15.1 Å². The second kappa shape index (κ2) is 9.78. The summed E-state index contributed by atoms with van der Waals surface area (Å²) < 4.78 is 2.25. The molecule has 4 atom stereocenters. The summed E-state index contributed by atoms with van der Waals surface area (Å²) in [5, 5.41) is 15.7. The summed E-state index contributed by atoms with van der Waals surface area (Å²) in [5.41, 5.74) is 0.438. The van der Waals surface area contributed by atoms with Crippen molar-refractivity contribution in [3.05, 3.63) is 44.7 Å². The zero-order valence-electron chi connectivity index (χ0n) is 17.9. The van der Waals surface area contributed by atoms with Crippen LogP contribution >= 0.6 is 57.9 Å². The monoisotopic (exact) mass is 540 g/mol. The Morgan fingerprint density at radius 1 is 1.21 bits per heavy atom. The Morgan fingerprint density at radius 3 is 2.73 bits per heavy atom. The van der Waals surface area contributed by atoms with Crippen molar-refractivity contribution in [3.8, 4) is 10.7 Å². The van der Waals surface area contributed by atoms with Gasteiger partial charge in [0.1, 0.15) is 0 Å². The summed E-state index contributed by atoms with van der Waals surface area (Å²) >= 11 is 21.3. The van der Waals surface area contributed by atoms with Crippen LogP contribution in [0.1, 0.15) is 38.6 Å². The highest BCUT2D eigenvalue weighted by atomic mass is 35.5. The largest absolute Gasteiger partial charge is 0.324 e. The van der Waals surface area contributed by atoms with Crippen molar-refractivity contribution < 1.29 is 4.79 Å². The van der Waals surface area contributed by atoms with E-state index in [1.54, 1.807) is 17.4 Å². The highest BCUT2D eigenvalue weighted by molar-refractivity contribution is 7.99. The van der Waals surface area contributed by atoms with E-state index in [1.165, 1.54) is 43.5 Å². The fraction of sp³-hybridized carbons (Fsp3) is 0.435. The van der Waals surface area contributed by atoms with Gasteiger partial charge in [0.2, 0.25) is 5.91 Å². The van der Waals surface area contributed by atoms with E-state index >= 15 is 0 Å². The molecule has 1 N–H and O–H groups in total. The lowest BCUT2D eigenvalue weighted by Gasteiger charge is -2.30. The molecule has 2 saturated carbocycles. The minimum absolute atomic E-state index is 0.183. The van der Waals surface area contributed by atoms with E-state index in [9.17, 15) is 4.79 Å². The molecule has 0 spiro atoms. The van der Waals surface area contributed by atoms with E-state index in [-0.39, 0.29) is 17.7 Å². The van der Waals surface area contributed by atoms with Crippen LogP contribution in [0.3, 0.4) is 0 Å². The third-order valence-corrected chi connectivity index (χ3v) is 9.69. The minimum atomic E-state index is -0.194. The molecular weight excluding hydrogens is 519 g/mol. The molecule has 5 nitrogen and oxygen atoms in total. The van der Waals surface area contributed by atoms with E-state index in [4.69, 9.17) is 34.8 Å². The molecule has 2 aromatic heterocycles. The molecule has 174 valence electrons. The highest BCUT2D eigenvalue weighted by Crippen LogP contribution is 2.53. The molecule has 3 aromatic rings. The third kappa shape index (κ3) is 4.80. The summed E-state index contributed by atoms with van der Waals surface area (Å²) in [4.78, 5) is 13.8. The molecule has 33 heavy (non-hydrogen) atoms. The Hall–Kier alpha value is -1.25. The van der Waals surface area contributed by atoms with E-state index < -0.39 is 0 Å². The van der Waals surface area contributed by atoms with E-state index in [2.05, 4.69) is 38.5 Å². The van der Waals surface area contributed by atoms with Gasteiger partial charge in [-0.1, -0.05) is 59.1 Å². The first-order chi connectivity index (χ1) is 15.9. The van der Waals surface area contributed by atoms with Crippen molar-refractivity contribution in [3.63, 3.8) is 0 Å². The van der Waals surface area contributed by atoms with Crippen LogP contribution in [0.5, 0.6) is 0 Å². The molecule has 1 amide bonds. The molecule has 2 aliphatic rings. The van der Waals surface area contributed by atoms with Crippen LogP contribution in [0, 0.1) is 17.8 Å². The summed E-state index contributed by atoms with van der Waals surface area (Å²) in [5.74, 6) is 3.14. The quantitative estimate of drug-likeness (QED) is 0.246. The lowest BCUT2D eigenvalue weighted by molar-refractivity contribution is -0.113. The van der Waals surface area contributed by atoms with Gasteiger partial charge in [0, 0.05) is 6.04 Å². The second-order valence-electron chi connectivity index (χ2n) is 8.82. The van der Waals surface area contributed by atoms with E-state index in [1.807, 2.05) is 6.07 Å². The normalized spacial score (nSPS) is 22.6. The van der Waals surface area contributed by atoms with E-state index in [0.29, 0.717) is 26.7 Å². The Bertz CT molecular complexity index is 1170. The van der Waals surface area contributed by atoms with Crippen molar-refractivity contribution in [2.24, 2.45) is 17.8 Å². The van der Waals surface area contributed by atoms with Gasteiger partial charge in [-0.15, -0.1) is 21.5 Å². The van der Waals surface area contributed by atoms with Crippen LogP contribution in [-0.2, 0) is 4.79 Å². The molecular formula is C23H23Cl3N4OS2. The Labute approximate surface area is 216 Å². The SMILES string of the molecule is C[C@@H]([C@H]1C[C@@H]2CC[C@@H]1C2)n1c(SCC(=O)Nc2cc(Cl)c(Cl)cc2Cl)nnc1-c1cccs1. The van der Waals surface area contributed by atoms with Crippen LogP contribution in [0.25, 0.3) is 10.7 Å². The number of benzene rings is 1. The Morgan fingerprint density at radius 2 is 2.03 bits per heavy atom. The number of halogens is 3. The smallest absolute Gasteiger partial charge is 0.234 e. The Kier molecular flexibility index (Phi) is 6.96. The predicted molar refractivity (Wildman–Crippen MR) is 138 cm³/mol. The van der Waals surface area contributed by atoms with Gasteiger partial charge >= 0.3 is 0 Å². The molecule has 0 saturated heterocycles. The van der Waals surface area contributed by atoms with Crippen molar-refractivity contribution in [1.29, 1.82) is 0 Å². The summed E-state index contributed by atoms with van der Waals surface area (Å²) in [6.45, 7) is 2.28. The molecule has 5 rings (SSSR count).